The standard InChI is InChI=1S/C24H25BrN2O5S/c1-18(17-32-22-14-12-21(31-2)13-15-22)26-24(28)16-27(20-10-8-19(25)9-11-20)33(29,30)23-6-4-3-5-7-23/h3-15,18H,16-17H2,1-2H3,(H,26,28). The number of sulfonamides is 1. The molecular weight excluding hydrogens is 508 g/mol. The van der Waals surface area contributed by atoms with E-state index in [1.165, 1.54) is 12.1 Å². The molecule has 1 N–H and O–H groups in total. The fraction of sp³-hybridized carbons (Fsp3) is 0.208. The molecule has 0 bridgehead atoms. The lowest BCUT2D eigenvalue weighted by Crippen LogP contribution is -2.45. The number of hydrogen-bond acceptors (Lipinski definition) is 5. The Morgan fingerprint density at radius 1 is 0.970 bits per heavy atom. The first-order valence-corrected chi connectivity index (χ1v) is 12.4. The monoisotopic (exact) mass is 532 g/mol. The van der Waals surface area contributed by atoms with Gasteiger partial charge in [0.2, 0.25) is 5.91 Å². The molecule has 0 fully saturated rings. The van der Waals surface area contributed by atoms with Crippen LogP contribution in [0.4, 0.5) is 5.69 Å². The number of carbonyl (C=O) groups excluding carboxylic acids is 1. The van der Waals surface area contributed by atoms with Gasteiger partial charge in [0, 0.05) is 4.47 Å². The van der Waals surface area contributed by atoms with Crippen LogP contribution < -0.4 is 19.1 Å². The van der Waals surface area contributed by atoms with Crippen molar-refractivity contribution < 1.29 is 22.7 Å². The van der Waals surface area contributed by atoms with E-state index in [1.54, 1.807) is 80.8 Å². The Balaban J connectivity index is 1.69. The average molecular weight is 533 g/mol. The van der Waals surface area contributed by atoms with Crippen LogP contribution in [0, 0.1) is 0 Å². The molecule has 33 heavy (non-hydrogen) atoms. The molecular formula is C24H25BrN2O5S. The summed E-state index contributed by atoms with van der Waals surface area (Å²) in [5.74, 6) is 0.916. The topological polar surface area (TPSA) is 84.9 Å². The Morgan fingerprint density at radius 2 is 1.58 bits per heavy atom. The van der Waals surface area contributed by atoms with Crippen molar-refractivity contribution in [2.75, 3.05) is 24.6 Å². The van der Waals surface area contributed by atoms with Gasteiger partial charge in [-0.25, -0.2) is 8.42 Å². The molecule has 3 aromatic rings. The number of methoxy groups -OCH3 is 1. The molecule has 0 heterocycles. The number of ether oxygens (including phenoxy) is 2. The van der Waals surface area contributed by atoms with E-state index in [1.807, 2.05) is 0 Å². The predicted octanol–water partition coefficient (Wildman–Crippen LogP) is 4.24. The van der Waals surface area contributed by atoms with Crippen LogP contribution in [-0.4, -0.2) is 40.6 Å². The van der Waals surface area contributed by atoms with Gasteiger partial charge in [-0.05, 0) is 67.6 Å². The van der Waals surface area contributed by atoms with Crippen LogP contribution in [0.3, 0.4) is 0 Å². The second-order valence-corrected chi connectivity index (χ2v) is 10.0. The van der Waals surface area contributed by atoms with Crippen molar-refractivity contribution >= 4 is 37.5 Å². The molecule has 7 nitrogen and oxygen atoms in total. The lowest BCUT2D eigenvalue weighted by molar-refractivity contribution is -0.120. The SMILES string of the molecule is COc1ccc(OCC(C)NC(=O)CN(c2ccc(Br)cc2)S(=O)(=O)c2ccccc2)cc1. The molecule has 3 rings (SSSR count). The van der Waals surface area contributed by atoms with Gasteiger partial charge >= 0.3 is 0 Å². The first-order valence-electron chi connectivity index (χ1n) is 10.2. The molecule has 174 valence electrons. The highest BCUT2D eigenvalue weighted by molar-refractivity contribution is 9.10. The minimum absolute atomic E-state index is 0.108. The van der Waals surface area contributed by atoms with Gasteiger partial charge in [-0.15, -0.1) is 0 Å². The van der Waals surface area contributed by atoms with Crippen molar-refractivity contribution in [2.24, 2.45) is 0 Å². The Hall–Kier alpha value is -3.04. The van der Waals surface area contributed by atoms with Gasteiger partial charge in [0.05, 0.1) is 23.7 Å². The number of halogens is 1. The maximum atomic E-state index is 13.3. The van der Waals surface area contributed by atoms with E-state index in [9.17, 15) is 13.2 Å². The summed E-state index contributed by atoms with van der Waals surface area (Å²) in [6, 6.07) is 21.5. The van der Waals surface area contributed by atoms with Gasteiger partial charge in [-0.1, -0.05) is 34.1 Å². The average Bonchev–Trinajstić information content (AvgIpc) is 2.82. The largest absolute Gasteiger partial charge is 0.497 e. The summed E-state index contributed by atoms with van der Waals surface area (Å²) in [6.45, 7) is 1.64. The van der Waals surface area contributed by atoms with Crippen molar-refractivity contribution in [3.8, 4) is 11.5 Å². The van der Waals surface area contributed by atoms with E-state index in [0.717, 1.165) is 14.5 Å². The second kappa shape index (κ2) is 11.2. The molecule has 1 unspecified atom stereocenters. The lowest BCUT2D eigenvalue weighted by atomic mass is 10.3. The van der Waals surface area contributed by atoms with E-state index in [-0.39, 0.29) is 24.1 Å². The van der Waals surface area contributed by atoms with Crippen LogP contribution in [0.1, 0.15) is 6.92 Å². The van der Waals surface area contributed by atoms with Crippen molar-refractivity contribution in [2.45, 2.75) is 17.9 Å². The van der Waals surface area contributed by atoms with Gasteiger partial charge in [0.25, 0.3) is 10.0 Å². The molecule has 3 aromatic carbocycles. The summed E-state index contributed by atoms with van der Waals surface area (Å²) < 4.78 is 39.3. The highest BCUT2D eigenvalue weighted by Gasteiger charge is 2.27. The fourth-order valence-electron chi connectivity index (χ4n) is 3.03. The predicted molar refractivity (Wildman–Crippen MR) is 131 cm³/mol. The van der Waals surface area contributed by atoms with Crippen LogP contribution in [0.25, 0.3) is 0 Å². The zero-order valence-electron chi connectivity index (χ0n) is 18.3. The number of rotatable bonds is 10. The highest BCUT2D eigenvalue weighted by atomic mass is 79.9. The number of hydrogen-bond donors (Lipinski definition) is 1. The summed E-state index contributed by atoms with van der Waals surface area (Å²) in [5, 5.41) is 2.80. The number of carbonyl (C=O) groups is 1. The number of amides is 1. The van der Waals surface area contributed by atoms with Gasteiger partial charge in [-0.3, -0.25) is 9.10 Å². The maximum absolute atomic E-state index is 13.3. The van der Waals surface area contributed by atoms with E-state index < -0.39 is 15.9 Å². The quantitative estimate of drug-likeness (QED) is 0.422. The zero-order valence-corrected chi connectivity index (χ0v) is 20.7. The summed E-state index contributed by atoms with van der Waals surface area (Å²) in [6.07, 6.45) is 0. The number of benzene rings is 3. The van der Waals surface area contributed by atoms with Crippen LogP contribution in [0.5, 0.6) is 11.5 Å². The fourth-order valence-corrected chi connectivity index (χ4v) is 4.73. The van der Waals surface area contributed by atoms with E-state index in [2.05, 4.69) is 21.2 Å². The third-order valence-corrected chi connectivity index (χ3v) is 7.02. The van der Waals surface area contributed by atoms with E-state index >= 15 is 0 Å². The summed E-state index contributed by atoms with van der Waals surface area (Å²) in [4.78, 5) is 12.9. The third-order valence-electron chi connectivity index (χ3n) is 4.70. The maximum Gasteiger partial charge on any atom is 0.264 e. The van der Waals surface area contributed by atoms with Crippen molar-refractivity contribution in [3.05, 3.63) is 83.3 Å². The molecule has 1 atom stereocenters. The van der Waals surface area contributed by atoms with E-state index in [4.69, 9.17) is 9.47 Å². The van der Waals surface area contributed by atoms with Gasteiger partial charge in [-0.2, -0.15) is 0 Å². The second-order valence-electron chi connectivity index (χ2n) is 7.26. The first kappa shape index (κ1) is 24.6. The number of anilines is 1. The smallest absolute Gasteiger partial charge is 0.264 e. The number of nitrogens with zero attached hydrogens (tertiary/aromatic N) is 1. The van der Waals surface area contributed by atoms with Gasteiger partial charge in [0.1, 0.15) is 24.7 Å². The molecule has 0 aliphatic carbocycles. The third kappa shape index (κ3) is 6.72. The number of nitrogens with one attached hydrogen (secondary N) is 1. The molecule has 0 spiro atoms. The zero-order chi connectivity index (χ0) is 23.8. The molecule has 0 saturated heterocycles. The molecule has 9 heteroatoms. The molecule has 1 amide bonds. The minimum atomic E-state index is -3.95. The van der Waals surface area contributed by atoms with Gasteiger partial charge in [0.15, 0.2) is 0 Å². The van der Waals surface area contributed by atoms with Crippen LogP contribution >= 0.6 is 15.9 Å². The minimum Gasteiger partial charge on any atom is -0.497 e. The summed E-state index contributed by atoms with van der Waals surface area (Å²) in [5.41, 5.74) is 0.388. The Bertz CT molecular complexity index is 1150. The first-order chi connectivity index (χ1) is 15.8. The van der Waals surface area contributed by atoms with Crippen LogP contribution in [0.2, 0.25) is 0 Å². The molecule has 0 saturated carbocycles. The van der Waals surface area contributed by atoms with Crippen molar-refractivity contribution in [3.63, 3.8) is 0 Å². The summed E-state index contributed by atoms with van der Waals surface area (Å²) >= 11 is 3.35. The van der Waals surface area contributed by atoms with Crippen LogP contribution in [-0.2, 0) is 14.8 Å². The molecule has 0 aliphatic heterocycles. The van der Waals surface area contributed by atoms with Gasteiger partial charge < -0.3 is 14.8 Å². The lowest BCUT2D eigenvalue weighted by Gasteiger charge is -2.25. The normalized spacial score (nSPS) is 12.0. The summed E-state index contributed by atoms with van der Waals surface area (Å²) in [7, 11) is -2.36. The Kier molecular flexibility index (Phi) is 8.35. The van der Waals surface area contributed by atoms with Crippen molar-refractivity contribution in [1.29, 1.82) is 0 Å². The molecule has 0 aliphatic rings. The molecule has 0 radical (unpaired) electrons. The highest BCUT2D eigenvalue weighted by Crippen LogP contribution is 2.25. The van der Waals surface area contributed by atoms with Crippen LogP contribution in [0.15, 0.2) is 88.2 Å². The Labute approximate surface area is 202 Å². The Morgan fingerprint density at radius 3 is 2.18 bits per heavy atom. The van der Waals surface area contributed by atoms with E-state index in [0.29, 0.717) is 11.4 Å². The molecule has 0 aromatic heterocycles. The van der Waals surface area contributed by atoms with Crippen molar-refractivity contribution in [1.82, 2.24) is 5.32 Å².